The van der Waals surface area contributed by atoms with E-state index in [0.717, 1.165) is 45.8 Å². The number of anilines is 1. The minimum absolute atomic E-state index is 0.169. The van der Waals surface area contributed by atoms with E-state index >= 15 is 0 Å². The van der Waals surface area contributed by atoms with E-state index in [0.29, 0.717) is 0 Å². The van der Waals surface area contributed by atoms with E-state index < -0.39 is 0 Å². The molecular weight excluding hydrogens is 338 g/mol. The molecule has 2 aromatic rings. The van der Waals surface area contributed by atoms with Gasteiger partial charge in [-0.1, -0.05) is 27.3 Å². The van der Waals surface area contributed by atoms with Crippen molar-refractivity contribution in [3.63, 3.8) is 0 Å². The van der Waals surface area contributed by atoms with Crippen LogP contribution in [0, 0.1) is 0 Å². The van der Waals surface area contributed by atoms with Crippen LogP contribution in [-0.4, -0.2) is 34.9 Å². The molecule has 0 spiro atoms. The number of carbonyl (C=O) groups excluding carboxylic acids is 1. The SMILES string of the molecule is CC(Nc1nc2cc(Br)ccc2s1)C(=O)N1CCCC1. The van der Waals surface area contributed by atoms with E-state index in [1.165, 1.54) is 0 Å². The molecule has 0 aliphatic carbocycles. The molecule has 2 heterocycles. The van der Waals surface area contributed by atoms with Gasteiger partial charge < -0.3 is 10.2 Å². The van der Waals surface area contributed by atoms with Crippen LogP contribution in [0.15, 0.2) is 22.7 Å². The summed E-state index contributed by atoms with van der Waals surface area (Å²) < 4.78 is 2.14. The molecule has 1 aliphatic heterocycles. The van der Waals surface area contributed by atoms with Gasteiger partial charge in [0.05, 0.1) is 10.2 Å². The number of amides is 1. The quantitative estimate of drug-likeness (QED) is 0.918. The van der Waals surface area contributed by atoms with Crippen LogP contribution in [0.4, 0.5) is 5.13 Å². The van der Waals surface area contributed by atoms with Gasteiger partial charge in [0.1, 0.15) is 6.04 Å². The molecule has 1 aromatic heterocycles. The smallest absolute Gasteiger partial charge is 0.244 e. The molecular formula is C14H16BrN3OS. The van der Waals surface area contributed by atoms with Crippen molar-refractivity contribution in [1.82, 2.24) is 9.88 Å². The Balaban J connectivity index is 1.73. The molecule has 1 N–H and O–H groups in total. The summed E-state index contributed by atoms with van der Waals surface area (Å²) >= 11 is 5.02. The van der Waals surface area contributed by atoms with Crippen LogP contribution < -0.4 is 5.32 Å². The van der Waals surface area contributed by atoms with Crippen molar-refractivity contribution in [2.45, 2.75) is 25.8 Å². The van der Waals surface area contributed by atoms with Gasteiger partial charge in [-0.3, -0.25) is 4.79 Å². The first-order valence-corrected chi connectivity index (χ1v) is 8.36. The minimum Gasteiger partial charge on any atom is -0.350 e. The van der Waals surface area contributed by atoms with Gasteiger partial charge in [-0.2, -0.15) is 0 Å². The number of halogens is 1. The Labute approximate surface area is 130 Å². The lowest BCUT2D eigenvalue weighted by atomic mass is 10.3. The molecule has 1 fully saturated rings. The third-order valence-corrected chi connectivity index (χ3v) is 4.94. The van der Waals surface area contributed by atoms with E-state index in [9.17, 15) is 4.79 Å². The van der Waals surface area contributed by atoms with Crippen molar-refractivity contribution in [2.75, 3.05) is 18.4 Å². The Morgan fingerprint density at radius 3 is 2.95 bits per heavy atom. The zero-order valence-electron chi connectivity index (χ0n) is 11.2. The van der Waals surface area contributed by atoms with E-state index in [1.807, 2.05) is 30.0 Å². The van der Waals surface area contributed by atoms with Gasteiger partial charge in [-0.25, -0.2) is 4.98 Å². The largest absolute Gasteiger partial charge is 0.350 e. The minimum atomic E-state index is -0.225. The topological polar surface area (TPSA) is 45.2 Å². The second-order valence-corrected chi connectivity index (χ2v) is 6.98. The maximum absolute atomic E-state index is 12.3. The number of aromatic nitrogens is 1. The molecule has 4 nitrogen and oxygen atoms in total. The normalized spacial score (nSPS) is 16.6. The van der Waals surface area contributed by atoms with Crippen molar-refractivity contribution in [1.29, 1.82) is 0 Å². The van der Waals surface area contributed by atoms with E-state index in [4.69, 9.17) is 0 Å². The molecule has 1 aromatic carbocycles. The highest BCUT2D eigenvalue weighted by Crippen LogP contribution is 2.28. The maximum atomic E-state index is 12.3. The van der Waals surface area contributed by atoms with Gasteiger partial charge in [0.25, 0.3) is 0 Å². The van der Waals surface area contributed by atoms with Gasteiger partial charge in [0, 0.05) is 17.6 Å². The van der Waals surface area contributed by atoms with Crippen LogP contribution >= 0.6 is 27.3 Å². The number of nitrogens with zero attached hydrogens (tertiary/aromatic N) is 2. The molecule has 6 heteroatoms. The highest BCUT2D eigenvalue weighted by molar-refractivity contribution is 9.10. The molecule has 1 atom stereocenters. The number of fused-ring (bicyclic) bond motifs is 1. The lowest BCUT2D eigenvalue weighted by molar-refractivity contribution is -0.130. The number of rotatable bonds is 3. The highest BCUT2D eigenvalue weighted by Gasteiger charge is 2.23. The number of hydrogen-bond acceptors (Lipinski definition) is 4. The first-order chi connectivity index (χ1) is 9.63. The number of benzene rings is 1. The summed E-state index contributed by atoms with van der Waals surface area (Å²) in [6, 6.07) is 5.81. The molecule has 0 bridgehead atoms. The predicted octanol–water partition coefficient (Wildman–Crippen LogP) is 3.48. The molecule has 1 saturated heterocycles. The second-order valence-electron chi connectivity index (χ2n) is 5.03. The summed E-state index contributed by atoms with van der Waals surface area (Å²) in [6.07, 6.45) is 2.24. The highest BCUT2D eigenvalue weighted by atomic mass is 79.9. The first kappa shape index (κ1) is 13.8. The van der Waals surface area contributed by atoms with Crippen LogP contribution in [0.3, 0.4) is 0 Å². The molecule has 1 aliphatic rings. The fourth-order valence-electron chi connectivity index (χ4n) is 2.42. The predicted molar refractivity (Wildman–Crippen MR) is 86.2 cm³/mol. The second kappa shape index (κ2) is 5.69. The van der Waals surface area contributed by atoms with Gasteiger partial charge in [-0.05, 0) is 38.0 Å². The number of nitrogens with one attached hydrogen (secondary N) is 1. The van der Waals surface area contributed by atoms with E-state index in [-0.39, 0.29) is 11.9 Å². The molecule has 0 saturated carbocycles. The molecule has 1 amide bonds. The summed E-state index contributed by atoms with van der Waals surface area (Å²) in [4.78, 5) is 18.7. The average molecular weight is 354 g/mol. The molecule has 106 valence electrons. The van der Waals surface area contributed by atoms with Gasteiger partial charge in [0.2, 0.25) is 5.91 Å². The van der Waals surface area contributed by atoms with Crippen molar-refractivity contribution in [3.8, 4) is 0 Å². The summed E-state index contributed by atoms with van der Waals surface area (Å²) in [5.41, 5.74) is 0.952. The number of likely N-dealkylation sites (tertiary alicyclic amines) is 1. The number of carbonyl (C=O) groups is 1. The summed E-state index contributed by atoms with van der Waals surface area (Å²) in [5, 5.41) is 4.03. The third kappa shape index (κ3) is 2.81. The fraction of sp³-hybridized carbons (Fsp3) is 0.429. The summed E-state index contributed by atoms with van der Waals surface area (Å²) in [5.74, 6) is 0.169. The molecule has 20 heavy (non-hydrogen) atoms. The van der Waals surface area contributed by atoms with Gasteiger partial charge in [-0.15, -0.1) is 0 Å². The summed E-state index contributed by atoms with van der Waals surface area (Å²) in [6.45, 7) is 3.68. The van der Waals surface area contributed by atoms with Crippen molar-refractivity contribution in [3.05, 3.63) is 22.7 Å². The zero-order valence-corrected chi connectivity index (χ0v) is 13.6. The Morgan fingerprint density at radius 2 is 2.20 bits per heavy atom. The number of hydrogen-bond donors (Lipinski definition) is 1. The van der Waals surface area contributed by atoms with Gasteiger partial charge >= 0.3 is 0 Å². The maximum Gasteiger partial charge on any atom is 0.244 e. The Bertz CT molecular complexity index is 636. The Hall–Kier alpha value is -1.14. The van der Waals surface area contributed by atoms with Crippen molar-refractivity contribution < 1.29 is 4.79 Å². The average Bonchev–Trinajstić information content (AvgIpc) is 3.05. The lowest BCUT2D eigenvalue weighted by Gasteiger charge is -2.20. The lowest BCUT2D eigenvalue weighted by Crippen LogP contribution is -2.39. The number of thiazole rings is 1. The van der Waals surface area contributed by atoms with Crippen LogP contribution in [0.2, 0.25) is 0 Å². The van der Waals surface area contributed by atoms with Crippen LogP contribution in [-0.2, 0) is 4.79 Å². The Morgan fingerprint density at radius 1 is 1.45 bits per heavy atom. The monoisotopic (exact) mass is 353 g/mol. The first-order valence-electron chi connectivity index (χ1n) is 6.75. The summed E-state index contributed by atoms with van der Waals surface area (Å²) in [7, 11) is 0. The molecule has 1 unspecified atom stereocenters. The third-order valence-electron chi connectivity index (χ3n) is 3.48. The van der Waals surface area contributed by atoms with Crippen molar-refractivity contribution >= 4 is 48.5 Å². The Kier molecular flexibility index (Phi) is 3.94. The zero-order chi connectivity index (χ0) is 14.1. The van der Waals surface area contributed by atoms with Crippen molar-refractivity contribution in [2.24, 2.45) is 0 Å². The molecule has 0 radical (unpaired) electrons. The van der Waals surface area contributed by atoms with Crippen LogP contribution in [0.1, 0.15) is 19.8 Å². The van der Waals surface area contributed by atoms with Crippen LogP contribution in [0.5, 0.6) is 0 Å². The van der Waals surface area contributed by atoms with E-state index in [2.05, 4.69) is 26.2 Å². The van der Waals surface area contributed by atoms with Crippen LogP contribution in [0.25, 0.3) is 10.2 Å². The van der Waals surface area contributed by atoms with E-state index in [1.54, 1.807) is 11.3 Å². The standard InChI is InChI=1S/C14H16BrN3OS/c1-9(13(19)18-6-2-3-7-18)16-14-17-11-8-10(15)4-5-12(11)20-14/h4-5,8-9H,2-3,6-7H2,1H3,(H,16,17). The fourth-order valence-corrected chi connectivity index (χ4v) is 3.70. The van der Waals surface area contributed by atoms with Gasteiger partial charge in [0.15, 0.2) is 5.13 Å². The molecule has 3 rings (SSSR count).